The first kappa shape index (κ1) is 10.2. The van der Waals surface area contributed by atoms with E-state index in [2.05, 4.69) is 14.9 Å². The maximum absolute atomic E-state index is 13.1. The number of rotatable bonds is 1. The fraction of sp³-hybridized carbons (Fsp3) is 0.231. The van der Waals surface area contributed by atoms with Gasteiger partial charge in [-0.25, -0.2) is 14.4 Å². The summed E-state index contributed by atoms with van der Waals surface area (Å²) in [6, 6.07) is 6.79. The average Bonchev–Trinajstić information content (AvgIpc) is 2.71. The second-order valence-corrected chi connectivity index (χ2v) is 4.14. The Balaban J connectivity index is 2.04. The molecule has 0 saturated heterocycles. The lowest BCUT2D eigenvalue weighted by atomic mass is 10.2. The summed E-state index contributed by atoms with van der Waals surface area (Å²) in [5, 5.41) is 0. The third-order valence-electron chi connectivity index (χ3n) is 2.97. The first-order valence-electron chi connectivity index (χ1n) is 5.60. The number of nitrogens with zero attached hydrogens (tertiary/aromatic N) is 3. The average molecular weight is 229 g/mol. The van der Waals surface area contributed by atoms with Crippen LogP contribution in [0.5, 0.6) is 0 Å². The van der Waals surface area contributed by atoms with Gasteiger partial charge in [-0.15, -0.1) is 0 Å². The summed E-state index contributed by atoms with van der Waals surface area (Å²) in [7, 11) is 0. The molecule has 86 valence electrons. The van der Waals surface area contributed by atoms with Gasteiger partial charge in [0.25, 0.3) is 0 Å². The van der Waals surface area contributed by atoms with Crippen molar-refractivity contribution in [2.24, 2.45) is 0 Å². The van der Waals surface area contributed by atoms with E-state index < -0.39 is 0 Å². The molecule has 0 fully saturated rings. The molecule has 0 radical (unpaired) electrons. The summed E-state index contributed by atoms with van der Waals surface area (Å²) in [4.78, 5) is 10.6. The predicted molar refractivity (Wildman–Crippen MR) is 63.9 cm³/mol. The van der Waals surface area contributed by atoms with Crippen molar-refractivity contribution >= 4 is 11.5 Å². The highest BCUT2D eigenvalue weighted by molar-refractivity contribution is 5.67. The van der Waals surface area contributed by atoms with E-state index in [1.54, 1.807) is 12.3 Å². The molecule has 1 aromatic carbocycles. The van der Waals surface area contributed by atoms with Crippen LogP contribution in [0.2, 0.25) is 0 Å². The van der Waals surface area contributed by atoms with E-state index in [1.807, 2.05) is 19.1 Å². The molecule has 0 atom stereocenters. The van der Waals surface area contributed by atoms with Crippen LogP contribution in [-0.4, -0.2) is 16.5 Å². The van der Waals surface area contributed by atoms with Crippen LogP contribution in [0.1, 0.15) is 11.4 Å². The minimum absolute atomic E-state index is 0.176. The van der Waals surface area contributed by atoms with E-state index in [-0.39, 0.29) is 5.82 Å². The Morgan fingerprint density at radius 1 is 1.29 bits per heavy atom. The molecular weight excluding hydrogens is 217 g/mol. The van der Waals surface area contributed by atoms with Crippen molar-refractivity contribution in [2.45, 2.75) is 13.3 Å². The van der Waals surface area contributed by atoms with Gasteiger partial charge in [-0.2, -0.15) is 0 Å². The van der Waals surface area contributed by atoms with E-state index in [9.17, 15) is 4.39 Å². The summed E-state index contributed by atoms with van der Waals surface area (Å²) in [5.41, 5.74) is 2.09. The fourth-order valence-electron chi connectivity index (χ4n) is 2.20. The van der Waals surface area contributed by atoms with Crippen LogP contribution in [-0.2, 0) is 6.42 Å². The van der Waals surface area contributed by atoms with Crippen molar-refractivity contribution in [3.63, 3.8) is 0 Å². The molecule has 2 heterocycles. The molecule has 0 unspecified atom stereocenters. The van der Waals surface area contributed by atoms with Gasteiger partial charge in [0.2, 0.25) is 0 Å². The van der Waals surface area contributed by atoms with Crippen LogP contribution < -0.4 is 4.90 Å². The number of aryl methyl sites for hydroxylation is 1. The third kappa shape index (κ3) is 1.75. The zero-order chi connectivity index (χ0) is 11.8. The fourth-order valence-corrected chi connectivity index (χ4v) is 2.20. The zero-order valence-corrected chi connectivity index (χ0v) is 9.52. The number of hydrogen-bond donors (Lipinski definition) is 0. The van der Waals surface area contributed by atoms with Crippen molar-refractivity contribution in [2.75, 3.05) is 11.4 Å². The monoisotopic (exact) mass is 229 g/mol. The van der Waals surface area contributed by atoms with Crippen LogP contribution in [0.4, 0.5) is 15.9 Å². The highest BCUT2D eigenvalue weighted by Crippen LogP contribution is 2.33. The van der Waals surface area contributed by atoms with Gasteiger partial charge in [-0.1, -0.05) is 0 Å². The highest BCUT2D eigenvalue weighted by atomic mass is 19.1. The van der Waals surface area contributed by atoms with Crippen molar-refractivity contribution in [3.8, 4) is 0 Å². The van der Waals surface area contributed by atoms with Crippen LogP contribution in [0.3, 0.4) is 0 Å². The van der Waals surface area contributed by atoms with Gasteiger partial charge >= 0.3 is 0 Å². The second kappa shape index (κ2) is 3.80. The van der Waals surface area contributed by atoms with Gasteiger partial charge < -0.3 is 4.90 Å². The maximum atomic E-state index is 13.1. The minimum Gasteiger partial charge on any atom is -0.326 e. The van der Waals surface area contributed by atoms with Gasteiger partial charge in [0.1, 0.15) is 17.5 Å². The molecule has 4 heteroatoms. The Morgan fingerprint density at radius 2 is 2.18 bits per heavy atom. The number of halogens is 1. The molecule has 3 nitrogen and oxygen atoms in total. The molecule has 0 spiro atoms. The minimum atomic E-state index is -0.176. The van der Waals surface area contributed by atoms with Gasteiger partial charge in [0, 0.05) is 18.4 Å². The number of hydrogen-bond acceptors (Lipinski definition) is 3. The van der Waals surface area contributed by atoms with Crippen molar-refractivity contribution in [1.82, 2.24) is 9.97 Å². The molecule has 0 amide bonds. The number of anilines is 2. The summed E-state index contributed by atoms with van der Waals surface area (Å²) >= 11 is 0. The standard InChI is InChI=1S/C13H12FN3/c1-9-15-6-4-13(16-9)17-7-5-10-8-11(14)2-3-12(10)17/h2-4,6,8H,5,7H2,1H3. The summed E-state index contributed by atoms with van der Waals surface area (Å²) < 4.78 is 13.1. The summed E-state index contributed by atoms with van der Waals surface area (Å²) in [6.07, 6.45) is 2.61. The molecule has 1 aliphatic rings. The quantitative estimate of drug-likeness (QED) is 0.752. The summed E-state index contributed by atoms with van der Waals surface area (Å²) in [5.74, 6) is 1.45. The lowest BCUT2D eigenvalue weighted by molar-refractivity contribution is 0.626. The topological polar surface area (TPSA) is 29.0 Å². The zero-order valence-electron chi connectivity index (χ0n) is 9.52. The summed E-state index contributed by atoms with van der Waals surface area (Å²) in [6.45, 7) is 2.71. The molecule has 2 aromatic rings. The van der Waals surface area contributed by atoms with E-state index in [0.29, 0.717) is 0 Å². The van der Waals surface area contributed by atoms with Gasteiger partial charge in [0.05, 0.1) is 0 Å². The van der Waals surface area contributed by atoms with Gasteiger partial charge in [-0.05, 0) is 43.2 Å². The lowest BCUT2D eigenvalue weighted by Crippen LogP contribution is -2.15. The largest absolute Gasteiger partial charge is 0.326 e. The lowest BCUT2D eigenvalue weighted by Gasteiger charge is -2.18. The molecule has 1 aromatic heterocycles. The third-order valence-corrected chi connectivity index (χ3v) is 2.97. The Hall–Kier alpha value is -1.97. The molecule has 0 aliphatic carbocycles. The number of aromatic nitrogens is 2. The first-order chi connectivity index (χ1) is 8.24. The Bertz CT molecular complexity index is 568. The van der Waals surface area contributed by atoms with Gasteiger partial charge in [-0.3, -0.25) is 0 Å². The molecule has 0 saturated carbocycles. The SMILES string of the molecule is Cc1nccc(N2CCc3cc(F)ccc32)n1. The van der Waals surface area contributed by atoms with Crippen molar-refractivity contribution in [1.29, 1.82) is 0 Å². The van der Waals surface area contributed by atoms with Crippen LogP contribution in [0, 0.1) is 12.7 Å². The van der Waals surface area contributed by atoms with E-state index in [1.165, 1.54) is 6.07 Å². The molecular formula is C13H12FN3. The predicted octanol–water partition coefficient (Wildman–Crippen LogP) is 2.62. The molecule has 3 rings (SSSR count). The smallest absolute Gasteiger partial charge is 0.136 e. The normalized spacial score (nSPS) is 13.9. The van der Waals surface area contributed by atoms with Crippen molar-refractivity contribution < 1.29 is 4.39 Å². The van der Waals surface area contributed by atoms with E-state index in [4.69, 9.17) is 0 Å². The Morgan fingerprint density at radius 3 is 3.00 bits per heavy atom. The molecule has 0 N–H and O–H groups in total. The maximum Gasteiger partial charge on any atom is 0.136 e. The molecule has 1 aliphatic heterocycles. The Kier molecular flexibility index (Phi) is 2.28. The Labute approximate surface area is 98.9 Å². The van der Waals surface area contributed by atoms with Crippen LogP contribution in [0.15, 0.2) is 30.5 Å². The van der Waals surface area contributed by atoms with E-state index >= 15 is 0 Å². The second-order valence-electron chi connectivity index (χ2n) is 4.14. The molecule has 17 heavy (non-hydrogen) atoms. The van der Waals surface area contributed by atoms with Crippen LogP contribution in [0.25, 0.3) is 0 Å². The highest BCUT2D eigenvalue weighted by Gasteiger charge is 2.21. The molecule has 0 bridgehead atoms. The van der Waals surface area contributed by atoms with Crippen molar-refractivity contribution in [3.05, 3.63) is 47.7 Å². The number of fused-ring (bicyclic) bond motifs is 1. The first-order valence-corrected chi connectivity index (χ1v) is 5.60. The van der Waals surface area contributed by atoms with E-state index in [0.717, 1.165) is 35.9 Å². The van der Waals surface area contributed by atoms with Crippen LogP contribution >= 0.6 is 0 Å². The van der Waals surface area contributed by atoms with Gasteiger partial charge in [0.15, 0.2) is 0 Å². The number of benzene rings is 1.